The van der Waals surface area contributed by atoms with Gasteiger partial charge in [0.1, 0.15) is 0 Å². The van der Waals surface area contributed by atoms with Gasteiger partial charge in [0.2, 0.25) is 5.91 Å². The van der Waals surface area contributed by atoms with Crippen LogP contribution in [0.15, 0.2) is 60.9 Å². The molecule has 4 rings (SSSR count). The van der Waals surface area contributed by atoms with Crippen LogP contribution in [0, 0.1) is 0 Å². The van der Waals surface area contributed by atoms with E-state index in [4.69, 9.17) is 8.83 Å². The molecule has 0 radical (unpaired) electrons. The van der Waals surface area contributed by atoms with Crippen LogP contribution in [-0.2, 0) is 11.3 Å². The third kappa shape index (κ3) is 2.85. The minimum absolute atomic E-state index is 0.101. The van der Waals surface area contributed by atoms with Gasteiger partial charge < -0.3 is 14.2 Å². The lowest BCUT2D eigenvalue weighted by Gasteiger charge is -2.05. The Labute approximate surface area is 139 Å². The van der Waals surface area contributed by atoms with E-state index in [1.54, 1.807) is 42.5 Å². The number of carbonyl (C=O) groups excluding carboxylic acids is 1. The molecule has 8 nitrogen and oxygen atoms in total. The zero-order valence-electron chi connectivity index (χ0n) is 12.9. The largest absolute Gasteiger partial charge is 0.419 e. The quantitative estimate of drug-likeness (QED) is 0.591. The molecule has 0 atom stereocenters. The molecule has 8 heteroatoms. The maximum Gasteiger partial charge on any atom is 0.419 e. The van der Waals surface area contributed by atoms with E-state index in [1.807, 2.05) is 0 Å². The van der Waals surface area contributed by atoms with Crippen molar-refractivity contribution in [1.29, 1.82) is 0 Å². The molecule has 0 saturated heterocycles. The maximum absolute atomic E-state index is 12.1. The van der Waals surface area contributed by atoms with Crippen LogP contribution in [0.1, 0.15) is 6.42 Å². The Hall–Kier alpha value is -3.55. The number of aromatic amines is 1. The number of rotatable bonds is 4. The number of nitrogens with one attached hydrogen (secondary N) is 2. The lowest BCUT2D eigenvalue weighted by atomic mass is 10.2. The highest BCUT2D eigenvalue weighted by atomic mass is 16.4. The van der Waals surface area contributed by atoms with E-state index in [9.17, 15) is 14.4 Å². The van der Waals surface area contributed by atoms with Crippen molar-refractivity contribution < 1.29 is 13.6 Å². The second-order valence-electron chi connectivity index (χ2n) is 5.51. The number of fused-ring (bicyclic) bond motifs is 2. The first kappa shape index (κ1) is 15.0. The molecule has 1 amide bonds. The van der Waals surface area contributed by atoms with E-state index in [0.29, 0.717) is 27.9 Å². The van der Waals surface area contributed by atoms with Gasteiger partial charge in [-0.05, 0) is 30.3 Å². The highest BCUT2D eigenvalue weighted by molar-refractivity contribution is 5.92. The summed E-state index contributed by atoms with van der Waals surface area (Å²) in [6, 6.07) is 11.9. The molecule has 2 heterocycles. The predicted molar refractivity (Wildman–Crippen MR) is 90.6 cm³/mol. The number of nitrogens with zero attached hydrogens (tertiary/aromatic N) is 1. The third-order valence-corrected chi connectivity index (χ3v) is 3.84. The number of oxazole rings is 2. The molecule has 2 N–H and O–H groups in total. The highest BCUT2D eigenvalue weighted by Gasteiger charge is 2.11. The van der Waals surface area contributed by atoms with Gasteiger partial charge in [0.25, 0.3) is 0 Å². The number of carbonyl (C=O) groups is 1. The predicted octanol–water partition coefficient (Wildman–Crippen LogP) is 2.06. The number of aryl methyl sites for hydroxylation is 1. The number of benzene rings is 2. The summed E-state index contributed by atoms with van der Waals surface area (Å²) in [6.07, 6.45) is 0.101. The zero-order chi connectivity index (χ0) is 17.4. The summed E-state index contributed by atoms with van der Waals surface area (Å²) in [5.74, 6) is -1.31. The van der Waals surface area contributed by atoms with Crippen LogP contribution >= 0.6 is 0 Å². The van der Waals surface area contributed by atoms with Crippen LogP contribution in [0.5, 0.6) is 0 Å². The number of hydrogen-bond acceptors (Lipinski definition) is 5. The van der Waals surface area contributed by atoms with E-state index in [0.717, 1.165) is 0 Å². The Morgan fingerprint density at radius 3 is 2.80 bits per heavy atom. The summed E-state index contributed by atoms with van der Waals surface area (Å²) < 4.78 is 11.5. The van der Waals surface area contributed by atoms with E-state index < -0.39 is 11.5 Å². The van der Waals surface area contributed by atoms with Gasteiger partial charge in [-0.15, -0.1) is 0 Å². The molecule has 0 unspecified atom stereocenters. The van der Waals surface area contributed by atoms with Crippen molar-refractivity contribution in [1.82, 2.24) is 9.55 Å². The van der Waals surface area contributed by atoms with Crippen molar-refractivity contribution >= 4 is 33.8 Å². The molecule has 25 heavy (non-hydrogen) atoms. The minimum Gasteiger partial charge on any atom is -0.408 e. The Kier molecular flexibility index (Phi) is 3.50. The lowest BCUT2D eigenvalue weighted by molar-refractivity contribution is -0.116. The fourth-order valence-corrected chi connectivity index (χ4v) is 2.69. The van der Waals surface area contributed by atoms with Crippen LogP contribution < -0.4 is 16.8 Å². The summed E-state index contributed by atoms with van der Waals surface area (Å²) >= 11 is 0. The number of H-pyrrole nitrogens is 1. The fourth-order valence-electron chi connectivity index (χ4n) is 2.69. The molecule has 2 aromatic carbocycles. The third-order valence-electron chi connectivity index (χ3n) is 3.84. The van der Waals surface area contributed by atoms with E-state index in [-0.39, 0.29) is 18.9 Å². The van der Waals surface area contributed by atoms with Crippen LogP contribution in [0.2, 0.25) is 0 Å². The Morgan fingerprint density at radius 1 is 1.08 bits per heavy atom. The summed E-state index contributed by atoms with van der Waals surface area (Å²) in [4.78, 5) is 37.7. The topological polar surface area (TPSA) is 110 Å². The Bertz CT molecular complexity index is 1190. The van der Waals surface area contributed by atoms with E-state index in [1.165, 1.54) is 4.57 Å². The fraction of sp³-hybridized carbons (Fsp3) is 0.118. The van der Waals surface area contributed by atoms with E-state index in [2.05, 4.69) is 10.3 Å². The van der Waals surface area contributed by atoms with Crippen molar-refractivity contribution in [2.45, 2.75) is 13.0 Å². The Morgan fingerprint density at radius 2 is 1.92 bits per heavy atom. The van der Waals surface area contributed by atoms with Gasteiger partial charge >= 0.3 is 11.5 Å². The van der Waals surface area contributed by atoms with Crippen molar-refractivity contribution in [2.75, 3.05) is 5.32 Å². The summed E-state index contributed by atoms with van der Waals surface area (Å²) in [7, 11) is 0. The van der Waals surface area contributed by atoms with Gasteiger partial charge in [0.15, 0.2) is 11.2 Å². The first-order valence-corrected chi connectivity index (χ1v) is 7.61. The maximum atomic E-state index is 12.1. The summed E-state index contributed by atoms with van der Waals surface area (Å²) in [5.41, 5.74) is 2.58. The van der Waals surface area contributed by atoms with Crippen LogP contribution in [0.25, 0.3) is 22.2 Å². The van der Waals surface area contributed by atoms with E-state index >= 15 is 0 Å². The van der Waals surface area contributed by atoms with Gasteiger partial charge in [0.05, 0.1) is 11.0 Å². The average Bonchev–Trinajstić information content (AvgIpc) is 3.10. The van der Waals surface area contributed by atoms with Gasteiger partial charge in [-0.25, -0.2) is 9.59 Å². The van der Waals surface area contributed by atoms with Gasteiger partial charge in [-0.2, -0.15) is 0 Å². The summed E-state index contributed by atoms with van der Waals surface area (Å²) in [6.45, 7) is 0.201. The molecule has 0 saturated carbocycles. The molecule has 126 valence electrons. The molecule has 0 aliphatic heterocycles. The van der Waals surface area contributed by atoms with Crippen molar-refractivity contribution in [3.63, 3.8) is 0 Å². The molecule has 0 bridgehead atoms. The van der Waals surface area contributed by atoms with Gasteiger partial charge in [0, 0.05) is 18.7 Å². The van der Waals surface area contributed by atoms with Crippen molar-refractivity contribution in [2.24, 2.45) is 0 Å². The first-order chi connectivity index (χ1) is 12.1. The Balaban J connectivity index is 1.48. The molecule has 0 aliphatic rings. The first-order valence-electron chi connectivity index (χ1n) is 7.61. The molecule has 2 aromatic heterocycles. The van der Waals surface area contributed by atoms with Crippen molar-refractivity contribution in [3.8, 4) is 0 Å². The SMILES string of the molecule is O=C(CCn1c(=O)oc2ccccc21)Nc1ccc2oc(=O)[nH]c2c1. The van der Waals surface area contributed by atoms with Gasteiger partial charge in [-0.1, -0.05) is 12.1 Å². The van der Waals surface area contributed by atoms with Crippen molar-refractivity contribution in [3.05, 3.63) is 63.6 Å². The number of hydrogen-bond donors (Lipinski definition) is 2. The monoisotopic (exact) mass is 339 g/mol. The average molecular weight is 339 g/mol. The van der Waals surface area contributed by atoms with Crippen LogP contribution in [-0.4, -0.2) is 15.5 Å². The number of anilines is 1. The second-order valence-corrected chi connectivity index (χ2v) is 5.51. The molecule has 0 aliphatic carbocycles. The highest BCUT2D eigenvalue weighted by Crippen LogP contribution is 2.17. The standard InChI is InChI=1S/C17H13N3O5/c21-15(18-10-5-6-13-11(9-10)19-16(22)24-13)7-8-20-12-3-1-2-4-14(12)25-17(20)23/h1-6,9H,7-8H2,(H,18,21)(H,19,22). The van der Waals surface area contributed by atoms with Crippen LogP contribution in [0.3, 0.4) is 0 Å². The molecule has 0 spiro atoms. The zero-order valence-corrected chi connectivity index (χ0v) is 12.9. The smallest absolute Gasteiger partial charge is 0.408 e. The number of aromatic nitrogens is 2. The second kappa shape index (κ2) is 5.82. The number of para-hydroxylation sites is 2. The minimum atomic E-state index is -0.551. The molecule has 0 fully saturated rings. The number of amides is 1. The van der Waals surface area contributed by atoms with Crippen LogP contribution in [0.4, 0.5) is 5.69 Å². The summed E-state index contributed by atoms with van der Waals surface area (Å²) in [5, 5.41) is 2.72. The normalized spacial score (nSPS) is 11.2. The molecular weight excluding hydrogens is 326 g/mol. The molecule has 4 aromatic rings. The lowest BCUT2D eigenvalue weighted by Crippen LogP contribution is -2.19. The molecular formula is C17H13N3O5. The van der Waals surface area contributed by atoms with Gasteiger partial charge in [-0.3, -0.25) is 14.3 Å².